The molecule has 4 aromatic carbocycles. The van der Waals surface area contributed by atoms with Gasteiger partial charge in [0.15, 0.2) is 11.2 Å². The Morgan fingerprint density at radius 2 is 1.12 bits per heavy atom. The monoisotopic (exact) mass is 450 g/mol. The van der Waals surface area contributed by atoms with Gasteiger partial charge < -0.3 is 8.83 Å². The maximum atomic E-state index is 13.2. The van der Waals surface area contributed by atoms with Crippen LogP contribution in [0.1, 0.15) is 20.7 Å². The van der Waals surface area contributed by atoms with Crippen molar-refractivity contribution in [2.75, 3.05) is 4.90 Å². The van der Waals surface area contributed by atoms with Crippen LogP contribution in [0.4, 0.5) is 11.4 Å². The van der Waals surface area contributed by atoms with Crippen molar-refractivity contribution >= 4 is 56.3 Å². The van der Waals surface area contributed by atoms with Crippen LogP contribution < -0.4 is 4.90 Å². The van der Waals surface area contributed by atoms with Crippen molar-refractivity contribution in [3.63, 3.8) is 0 Å². The number of hydrogen-bond acceptors (Lipinski definition) is 6. The second-order valence-electron chi connectivity index (χ2n) is 7.76. The first-order valence-corrected chi connectivity index (χ1v) is 10.4. The summed E-state index contributed by atoms with van der Waals surface area (Å²) < 4.78 is 12.3. The number of carbonyl (C=O) groups excluding carboxylic acids is 2. The lowest BCUT2D eigenvalue weighted by atomic mass is 10.1. The highest BCUT2D eigenvalue weighted by molar-refractivity contribution is 6.35. The van der Waals surface area contributed by atoms with Crippen molar-refractivity contribution in [1.29, 1.82) is 0 Å². The van der Waals surface area contributed by atoms with E-state index in [1.165, 1.54) is 36.4 Å². The number of nitrogens with zero attached hydrogens (tertiary/aromatic N) is 2. The number of carbonyl (C=O) groups is 2. The summed E-state index contributed by atoms with van der Waals surface area (Å²) in [7, 11) is 0. The Balaban J connectivity index is 1.59. The summed E-state index contributed by atoms with van der Waals surface area (Å²) in [6.45, 7) is 0. The minimum Gasteiger partial charge on any atom is -0.453 e. The molecule has 0 saturated heterocycles. The lowest BCUT2D eigenvalue weighted by Gasteiger charge is -2.13. The third-order valence-corrected chi connectivity index (χ3v) is 5.77. The molecule has 0 radical (unpaired) electrons. The molecule has 2 heterocycles. The molecule has 164 valence electrons. The van der Waals surface area contributed by atoms with E-state index in [0.717, 1.165) is 15.7 Å². The van der Waals surface area contributed by atoms with Gasteiger partial charge in [-0.2, -0.15) is 0 Å². The Morgan fingerprint density at radius 3 is 1.59 bits per heavy atom. The molecule has 6 rings (SSSR count). The van der Waals surface area contributed by atoms with Gasteiger partial charge in [0.25, 0.3) is 17.5 Å². The van der Waals surface area contributed by atoms with Crippen LogP contribution in [0.25, 0.3) is 33.1 Å². The van der Waals surface area contributed by atoms with Gasteiger partial charge in [-0.1, -0.05) is 36.4 Å². The molecule has 0 fully saturated rings. The number of para-hydroxylation sites is 2. The number of non-ortho nitro benzene ring substituents is 1. The number of nitro groups is 1. The van der Waals surface area contributed by atoms with Gasteiger partial charge in [-0.15, -0.1) is 0 Å². The molecular weight excluding hydrogens is 436 g/mol. The molecule has 34 heavy (non-hydrogen) atoms. The second-order valence-corrected chi connectivity index (χ2v) is 7.76. The number of hydrogen-bond donors (Lipinski definition) is 0. The van der Waals surface area contributed by atoms with Gasteiger partial charge >= 0.3 is 0 Å². The third-order valence-electron chi connectivity index (χ3n) is 5.77. The van der Waals surface area contributed by atoms with Crippen LogP contribution in [0.3, 0.4) is 0 Å². The number of fused-ring (bicyclic) bond motifs is 5. The molecule has 0 atom stereocenters. The number of nitro benzene ring substituents is 1. The van der Waals surface area contributed by atoms with Crippen molar-refractivity contribution < 1.29 is 23.3 Å². The van der Waals surface area contributed by atoms with Gasteiger partial charge in [0, 0.05) is 22.9 Å². The summed E-state index contributed by atoms with van der Waals surface area (Å²) in [5.74, 6) is -1.09. The maximum Gasteiger partial charge on any atom is 0.269 e. The second kappa shape index (κ2) is 7.28. The van der Waals surface area contributed by atoms with Crippen LogP contribution in [0.5, 0.6) is 0 Å². The molecule has 1 aliphatic rings. The van der Waals surface area contributed by atoms with E-state index in [2.05, 4.69) is 0 Å². The third kappa shape index (κ3) is 2.93. The van der Waals surface area contributed by atoms with Crippen LogP contribution in [-0.4, -0.2) is 16.7 Å². The minimum absolute atomic E-state index is 0.137. The van der Waals surface area contributed by atoms with E-state index >= 15 is 0 Å². The summed E-state index contributed by atoms with van der Waals surface area (Å²) in [5, 5.41) is 12.6. The molecule has 0 aliphatic carbocycles. The number of benzene rings is 4. The van der Waals surface area contributed by atoms with E-state index < -0.39 is 16.7 Å². The van der Waals surface area contributed by atoms with Crippen molar-refractivity contribution in [2.24, 2.45) is 0 Å². The average molecular weight is 450 g/mol. The lowest BCUT2D eigenvalue weighted by Crippen LogP contribution is -2.29. The SMILES string of the molecule is O=C1c2cc3oc4ccccc4c4ccccc4oc3cc2C(=O)N1c1ccc([N+](=O)[O-])cc1. The van der Waals surface area contributed by atoms with Crippen molar-refractivity contribution in [3.8, 4) is 0 Å². The highest BCUT2D eigenvalue weighted by atomic mass is 16.6. The smallest absolute Gasteiger partial charge is 0.269 e. The average Bonchev–Trinajstić information content (AvgIpc) is 3.08. The molecule has 0 bridgehead atoms. The normalized spacial score (nSPS) is 13.0. The van der Waals surface area contributed by atoms with Crippen LogP contribution in [0.2, 0.25) is 0 Å². The summed E-state index contributed by atoms with van der Waals surface area (Å²) in [6, 6.07) is 23.2. The Hall–Kier alpha value is -4.98. The van der Waals surface area contributed by atoms with Crippen LogP contribution in [-0.2, 0) is 0 Å². The molecule has 2 amide bonds. The van der Waals surface area contributed by atoms with Crippen molar-refractivity contribution in [3.05, 3.63) is 106 Å². The zero-order chi connectivity index (χ0) is 23.4. The largest absolute Gasteiger partial charge is 0.453 e. The Labute approximate surface area is 191 Å². The zero-order valence-corrected chi connectivity index (χ0v) is 17.4. The maximum absolute atomic E-state index is 13.2. The lowest BCUT2D eigenvalue weighted by molar-refractivity contribution is -0.384. The fraction of sp³-hybridized carbons (Fsp3) is 0. The molecule has 0 unspecified atom stereocenters. The number of imide groups is 1. The van der Waals surface area contributed by atoms with Gasteiger partial charge in [-0.25, -0.2) is 4.90 Å². The number of rotatable bonds is 2. The van der Waals surface area contributed by atoms with Crippen LogP contribution in [0, 0.1) is 10.1 Å². The molecule has 1 aromatic heterocycles. The van der Waals surface area contributed by atoms with E-state index in [4.69, 9.17) is 8.83 Å². The van der Waals surface area contributed by atoms with Gasteiger partial charge in [-0.05, 0) is 36.4 Å². The topological polar surface area (TPSA) is 107 Å². The first kappa shape index (κ1) is 19.7. The van der Waals surface area contributed by atoms with Crippen LogP contribution in [0.15, 0.2) is 93.8 Å². The molecule has 8 nitrogen and oxygen atoms in total. The van der Waals surface area contributed by atoms with Crippen molar-refractivity contribution in [1.82, 2.24) is 0 Å². The first-order valence-electron chi connectivity index (χ1n) is 10.4. The molecule has 0 N–H and O–H groups in total. The Kier molecular flexibility index (Phi) is 4.21. The highest BCUT2D eigenvalue weighted by Crippen LogP contribution is 2.34. The molecule has 0 spiro atoms. The minimum atomic E-state index is -0.545. The predicted molar refractivity (Wildman–Crippen MR) is 125 cm³/mol. The van der Waals surface area contributed by atoms with Crippen molar-refractivity contribution in [2.45, 2.75) is 0 Å². The molecular formula is C26H14N2O6. The van der Waals surface area contributed by atoms with Gasteiger partial charge in [0.1, 0.15) is 11.2 Å². The summed E-state index contributed by atoms with van der Waals surface area (Å²) >= 11 is 0. The summed E-state index contributed by atoms with van der Waals surface area (Å²) in [6.07, 6.45) is 0. The van der Waals surface area contributed by atoms with E-state index in [9.17, 15) is 19.7 Å². The fourth-order valence-corrected chi connectivity index (χ4v) is 4.16. The van der Waals surface area contributed by atoms with E-state index in [1.54, 1.807) is 0 Å². The fourth-order valence-electron chi connectivity index (χ4n) is 4.16. The van der Waals surface area contributed by atoms with E-state index in [1.807, 2.05) is 48.5 Å². The summed E-state index contributed by atoms with van der Waals surface area (Å²) in [5.41, 5.74) is 2.20. The van der Waals surface area contributed by atoms with E-state index in [0.29, 0.717) is 22.3 Å². The molecule has 0 saturated carbocycles. The van der Waals surface area contributed by atoms with Crippen LogP contribution >= 0.6 is 0 Å². The number of anilines is 1. The van der Waals surface area contributed by atoms with E-state index in [-0.39, 0.29) is 22.5 Å². The summed E-state index contributed by atoms with van der Waals surface area (Å²) in [4.78, 5) is 37.8. The molecule has 5 aromatic rings. The zero-order valence-electron chi connectivity index (χ0n) is 17.4. The predicted octanol–water partition coefficient (Wildman–Crippen LogP) is 6.17. The number of amides is 2. The standard InChI is InChI=1S/C26H14N2O6/c29-25-19-13-23-24(14-20(19)26(30)27(25)15-9-11-16(12-10-15)28(31)32)34-22-8-4-2-6-18(22)17-5-1-3-7-21(17)33-23/h1-14H. The Morgan fingerprint density at radius 1 is 0.647 bits per heavy atom. The van der Waals surface area contributed by atoms with Gasteiger partial charge in [0.05, 0.1) is 21.7 Å². The Bertz CT molecular complexity index is 1630. The molecule has 8 heteroatoms. The molecule has 1 aliphatic heterocycles. The van der Waals surface area contributed by atoms with Gasteiger partial charge in [-0.3, -0.25) is 19.7 Å². The van der Waals surface area contributed by atoms with Gasteiger partial charge in [0.2, 0.25) is 0 Å². The quantitative estimate of drug-likeness (QED) is 0.181. The first-order chi connectivity index (χ1) is 16.5. The highest BCUT2D eigenvalue weighted by Gasteiger charge is 2.37.